The lowest BCUT2D eigenvalue weighted by molar-refractivity contribution is 1.27. The van der Waals surface area contributed by atoms with Crippen molar-refractivity contribution in [3.05, 3.63) is 109 Å². The molecule has 4 heteroatoms. The summed E-state index contributed by atoms with van der Waals surface area (Å²) in [7, 11) is 0. The van der Waals surface area contributed by atoms with Crippen LogP contribution in [0.4, 0.5) is 0 Å². The van der Waals surface area contributed by atoms with Crippen molar-refractivity contribution in [2.24, 2.45) is 0 Å². The minimum absolute atomic E-state index is 0.527. The van der Waals surface area contributed by atoms with E-state index in [-0.39, 0.29) is 0 Å². The van der Waals surface area contributed by atoms with Crippen LogP contribution in [0.15, 0.2) is 103 Å². The average Bonchev–Trinajstić information content (AvgIpc) is 3.32. The molecule has 0 bridgehead atoms. The van der Waals surface area contributed by atoms with Crippen molar-refractivity contribution < 1.29 is 0 Å². The fourth-order valence-corrected chi connectivity index (χ4v) is 6.18. The van der Waals surface area contributed by atoms with Crippen molar-refractivity contribution in [2.75, 3.05) is 0 Å². The molecule has 0 amide bonds. The van der Waals surface area contributed by atoms with Crippen molar-refractivity contribution in [1.29, 1.82) is 5.26 Å². The molecule has 7 rings (SSSR count). The lowest BCUT2D eigenvalue weighted by Gasteiger charge is -2.10. The number of nitriles is 1. The molecular weight excluding hydrogens is 446 g/mol. The van der Waals surface area contributed by atoms with Crippen molar-refractivity contribution in [3.63, 3.8) is 0 Å². The second-order valence-corrected chi connectivity index (χ2v) is 9.67. The number of rotatable bonds is 2. The van der Waals surface area contributed by atoms with Crippen LogP contribution in [0.1, 0.15) is 5.56 Å². The van der Waals surface area contributed by atoms with Gasteiger partial charge in [-0.1, -0.05) is 60.7 Å². The molecule has 0 aliphatic rings. The highest BCUT2D eigenvalue weighted by atomic mass is 32.1. The minimum atomic E-state index is 0.527. The molecule has 0 atom stereocenters. The first-order chi connectivity index (χ1) is 17.3. The van der Waals surface area contributed by atoms with E-state index < -0.39 is 0 Å². The summed E-state index contributed by atoms with van der Waals surface area (Å²) in [5.74, 6) is 0. The van der Waals surface area contributed by atoms with Crippen LogP contribution in [0.5, 0.6) is 0 Å². The quantitative estimate of drug-likeness (QED) is 0.259. The van der Waals surface area contributed by atoms with E-state index in [2.05, 4.69) is 83.8 Å². The normalized spacial score (nSPS) is 11.4. The summed E-state index contributed by atoms with van der Waals surface area (Å²) in [5, 5.41) is 16.9. The first-order valence-electron chi connectivity index (χ1n) is 11.4. The molecule has 3 heterocycles. The molecule has 0 unspecified atom stereocenters. The number of pyridine rings is 2. The van der Waals surface area contributed by atoms with Gasteiger partial charge in [-0.05, 0) is 51.9 Å². The summed E-state index contributed by atoms with van der Waals surface area (Å²) >= 11 is 1.83. The highest BCUT2D eigenvalue weighted by Gasteiger charge is 2.16. The fourth-order valence-electron chi connectivity index (χ4n) is 5.00. The predicted molar refractivity (Wildman–Crippen MR) is 146 cm³/mol. The predicted octanol–water partition coefficient (Wildman–Crippen LogP) is 8.36. The Kier molecular flexibility index (Phi) is 4.38. The van der Waals surface area contributed by atoms with E-state index in [1.807, 2.05) is 29.5 Å². The third-order valence-corrected chi connectivity index (χ3v) is 7.66. The molecule has 7 aromatic rings. The first kappa shape index (κ1) is 19.8. The number of nitrogens with zero attached hydrogens (tertiary/aromatic N) is 3. The SMILES string of the molecule is N#Cc1cncc(-c2cccc(-c3cc4sc5ccc6ccccc6c5c4c4ccccc34)n2)c1. The van der Waals surface area contributed by atoms with Gasteiger partial charge in [-0.2, -0.15) is 5.26 Å². The van der Waals surface area contributed by atoms with Crippen LogP contribution in [-0.4, -0.2) is 9.97 Å². The molecule has 0 radical (unpaired) electrons. The summed E-state index contributed by atoms with van der Waals surface area (Å²) in [6.45, 7) is 0. The second-order valence-electron chi connectivity index (χ2n) is 8.59. The van der Waals surface area contributed by atoms with E-state index in [4.69, 9.17) is 4.98 Å². The third-order valence-electron chi connectivity index (χ3n) is 6.56. The topological polar surface area (TPSA) is 49.6 Å². The Labute approximate surface area is 205 Å². The maximum Gasteiger partial charge on any atom is 0.101 e. The summed E-state index contributed by atoms with van der Waals surface area (Å²) in [6, 6.07) is 34.0. The zero-order valence-electron chi connectivity index (χ0n) is 18.6. The van der Waals surface area contributed by atoms with Gasteiger partial charge in [0.05, 0.1) is 17.0 Å². The molecule has 0 aliphatic heterocycles. The Morgan fingerprint density at radius 1 is 0.657 bits per heavy atom. The summed E-state index contributed by atoms with van der Waals surface area (Å²) in [5.41, 5.74) is 4.18. The fraction of sp³-hybridized carbons (Fsp3) is 0. The van der Waals surface area contributed by atoms with E-state index in [0.29, 0.717) is 5.56 Å². The van der Waals surface area contributed by atoms with E-state index >= 15 is 0 Å². The molecule has 0 N–H and O–H groups in total. The van der Waals surface area contributed by atoms with E-state index in [9.17, 15) is 5.26 Å². The largest absolute Gasteiger partial charge is 0.263 e. The van der Waals surface area contributed by atoms with Crippen molar-refractivity contribution in [2.45, 2.75) is 0 Å². The van der Waals surface area contributed by atoms with E-state index in [1.165, 1.54) is 41.7 Å². The van der Waals surface area contributed by atoms with E-state index in [0.717, 1.165) is 22.5 Å². The molecular formula is C31H17N3S. The maximum absolute atomic E-state index is 9.28. The standard InChI is InChI=1S/C31H17N3S/c32-16-19-14-21(18-33-17-19)26-10-5-11-27(34-26)25-15-29-31(24-9-4-3-8-23(24)25)30-22-7-2-1-6-20(22)12-13-28(30)35-29/h1-15,17-18H. The van der Waals surface area contributed by atoms with Gasteiger partial charge >= 0.3 is 0 Å². The van der Waals surface area contributed by atoms with Gasteiger partial charge in [-0.25, -0.2) is 4.98 Å². The van der Waals surface area contributed by atoms with Gasteiger partial charge in [0.15, 0.2) is 0 Å². The Balaban J connectivity index is 1.53. The Hall–Kier alpha value is -4.59. The van der Waals surface area contributed by atoms with Crippen LogP contribution in [0.25, 0.3) is 64.2 Å². The number of hydrogen-bond acceptors (Lipinski definition) is 4. The summed E-state index contributed by atoms with van der Waals surface area (Å²) in [4.78, 5) is 9.22. The average molecular weight is 464 g/mol. The molecule has 0 spiro atoms. The maximum atomic E-state index is 9.28. The highest BCUT2D eigenvalue weighted by Crippen LogP contribution is 2.44. The summed E-state index contributed by atoms with van der Waals surface area (Å²) in [6.07, 6.45) is 3.32. The molecule has 162 valence electrons. The first-order valence-corrected chi connectivity index (χ1v) is 12.2. The monoisotopic (exact) mass is 463 g/mol. The van der Waals surface area contributed by atoms with Gasteiger partial charge in [0.1, 0.15) is 6.07 Å². The molecule has 3 nitrogen and oxygen atoms in total. The molecule has 0 saturated carbocycles. The van der Waals surface area contributed by atoms with Gasteiger partial charge in [0, 0.05) is 43.7 Å². The Morgan fingerprint density at radius 3 is 2.31 bits per heavy atom. The number of fused-ring (bicyclic) bond motifs is 7. The van der Waals surface area contributed by atoms with Gasteiger partial charge in [-0.3, -0.25) is 4.98 Å². The number of hydrogen-bond donors (Lipinski definition) is 0. The zero-order valence-corrected chi connectivity index (χ0v) is 19.4. The molecule has 0 fully saturated rings. The molecule has 4 aromatic carbocycles. The zero-order chi connectivity index (χ0) is 23.4. The van der Waals surface area contributed by atoms with Crippen LogP contribution >= 0.6 is 11.3 Å². The van der Waals surface area contributed by atoms with Gasteiger partial charge in [0.25, 0.3) is 0 Å². The van der Waals surface area contributed by atoms with Crippen LogP contribution < -0.4 is 0 Å². The van der Waals surface area contributed by atoms with E-state index in [1.54, 1.807) is 12.4 Å². The number of aromatic nitrogens is 2. The molecule has 0 saturated heterocycles. The van der Waals surface area contributed by atoms with Gasteiger partial charge in [0.2, 0.25) is 0 Å². The number of thiophene rings is 1. The molecule has 3 aromatic heterocycles. The van der Waals surface area contributed by atoms with Crippen LogP contribution in [0, 0.1) is 11.3 Å². The number of benzene rings is 4. The van der Waals surface area contributed by atoms with Crippen molar-refractivity contribution >= 4 is 53.1 Å². The molecule has 35 heavy (non-hydrogen) atoms. The Bertz CT molecular complexity index is 1980. The van der Waals surface area contributed by atoms with Crippen LogP contribution in [0.2, 0.25) is 0 Å². The lowest BCUT2D eigenvalue weighted by atomic mass is 9.95. The van der Waals surface area contributed by atoms with Crippen LogP contribution in [-0.2, 0) is 0 Å². The minimum Gasteiger partial charge on any atom is -0.263 e. The van der Waals surface area contributed by atoms with Crippen molar-refractivity contribution in [1.82, 2.24) is 9.97 Å². The van der Waals surface area contributed by atoms with Crippen molar-refractivity contribution in [3.8, 4) is 28.6 Å². The van der Waals surface area contributed by atoms with Gasteiger partial charge < -0.3 is 0 Å². The van der Waals surface area contributed by atoms with Gasteiger partial charge in [-0.15, -0.1) is 11.3 Å². The molecule has 0 aliphatic carbocycles. The third kappa shape index (κ3) is 3.10. The highest BCUT2D eigenvalue weighted by molar-refractivity contribution is 7.26. The Morgan fingerprint density at radius 2 is 1.43 bits per heavy atom. The second kappa shape index (κ2) is 7.73. The van der Waals surface area contributed by atoms with Crippen LogP contribution in [0.3, 0.4) is 0 Å². The smallest absolute Gasteiger partial charge is 0.101 e. The summed E-state index contributed by atoms with van der Waals surface area (Å²) < 4.78 is 2.55. The lowest BCUT2D eigenvalue weighted by Crippen LogP contribution is -1.91.